The predicted octanol–water partition coefficient (Wildman–Crippen LogP) is 22.6. The van der Waals surface area contributed by atoms with Crippen molar-refractivity contribution < 1.29 is 0 Å². The number of aromatic nitrogens is 1. The molecule has 0 amide bonds. The summed E-state index contributed by atoms with van der Waals surface area (Å²) in [5, 5.41) is 2.48. The van der Waals surface area contributed by atoms with Gasteiger partial charge in [-0.3, -0.25) is 0 Å². The van der Waals surface area contributed by atoms with E-state index in [0.29, 0.717) is 0 Å². The summed E-state index contributed by atoms with van der Waals surface area (Å²) < 4.78 is 2.42. The molecule has 0 bridgehead atoms. The summed E-state index contributed by atoms with van der Waals surface area (Å²) in [6.45, 7) is 0. The summed E-state index contributed by atoms with van der Waals surface area (Å²) in [7, 11) is 0. The summed E-state index contributed by atoms with van der Waals surface area (Å²) in [6, 6.07) is 126. The smallest absolute Gasteiger partial charge is 0.0726 e. The molecule has 0 fully saturated rings. The summed E-state index contributed by atoms with van der Waals surface area (Å²) in [5.74, 6) is 0. The summed E-state index contributed by atoms with van der Waals surface area (Å²) in [6.07, 6.45) is 0. The van der Waals surface area contributed by atoms with Gasteiger partial charge in [0.15, 0.2) is 0 Å². The Labute approximate surface area is 507 Å². The predicted molar refractivity (Wildman–Crippen MR) is 364 cm³/mol. The molecule has 15 aromatic rings. The molecule has 406 valence electrons. The highest BCUT2D eigenvalue weighted by atomic mass is 15.1. The third kappa shape index (κ3) is 8.17. The van der Waals surface area contributed by atoms with E-state index >= 15 is 0 Å². The molecule has 1 heterocycles. The first kappa shape index (κ1) is 50.2. The van der Waals surface area contributed by atoms with Crippen molar-refractivity contribution in [3.05, 3.63) is 362 Å². The molecule has 0 saturated carbocycles. The van der Waals surface area contributed by atoms with E-state index < -0.39 is 5.41 Å². The molecule has 17 rings (SSSR count). The van der Waals surface area contributed by atoms with E-state index in [4.69, 9.17) is 0 Å². The lowest BCUT2D eigenvalue weighted by Crippen LogP contribution is -2.26. The first-order chi connectivity index (χ1) is 43.1. The van der Waals surface area contributed by atoms with Crippen LogP contribution in [-0.4, -0.2) is 4.57 Å². The number of nitrogens with zero attached hydrogens (tertiary/aromatic N) is 2. The van der Waals surface area contributed by atoms with Crippen LogP contribution in [0.5, 0.6) is 0 Å². The first-order valence-corrected chi connectivity index (χ1v) is 30.1. The quantitative estimate of drug-likeness (QED) is 0.132. The van der Waals surface area contributed by atoms with Gasteiger partial charge in [-0.2, -0.15) is 0 Å². The van der Waals surface area contributed by atoms with Crippen molar-refractivity contribution in [3.63, 3.8) is 0 Å². The molecule has 0 atom stereocenters. The minimum absolute atomic E-state index is 0.480. The first-order valence-electron chi connectivity index (χ1n) is 30.1. The third-order valence-corrected chi connectivity index (χ3v) is 18.5. The lowest BCUT2D eigenvalue weighted by atomic mass is 9.70. The average molecular weight is 1110 g/mol. The molecule has 1 aromatic heterocycles. The maximum absolute atomic E-state index is 2.50. The maximum atomic E-state index is 2.50. The minimum atomic E-state index is -0.480. The van der Waals surface area contributed by atoms with Crippen LogP contribution in [0.1, 0.15) is 22.3 Å². The second-order valence-electron chi connectivity index (χ2n) is 23.1. The van der Waals surface area contributed by atoms with Gasteiger partial charge in [-0.15, -0.1) is 0 Å². The van der Waals surface area contributed by atoms with Crippen LogP contribution in [0, 0.1) is 0 Å². The van der Waals surface area contributed by atoms with Gasteiger partial charge in [-0.25, -0.2) is 0 Å². The Morgan fingerprint density at radius 1 is 0.218 bits per heavy atom. The zero-order valence-electron chi connectivity index (χ0n) is 47.7. The average Bonchev–Trinajstić information content (AvgIpc) is 1.53. The Kier molecular flexibility index (Phi) is 11.8. The molecule has 2 nitrogen and oxygen atoms in total. The molecule has 2 aliphatic carbocycles. The van der Waals surface area contributed by atoms with Gasteiger partial charge in [0, 0.05) is 33.4 Å². The minimum Gasteiger partial charge on any atom is -0.310 e. The van der Waals surface area contributed by atoms with Gasteiger partial charge >= 0.3 is 0 Å². The fraction of sp³-hybridized carbons (Fsp3) is 0.0118. The van der Waals surface area contributed by atoms with Crippen molar-refractivity contribution in [3.8, 4) is 94.7 Å². The van der Waals surface area contributed by atoms with Gasteiger partial charge in [-0.05, 0) is 179 Å². The summed E-state index contributed by atoms with van der Waals surface area (Å²) in [5.41, 5.74) is 31.0. The number of hydrogen-bond donors (Lipinski definition) is 0. The SMILES string of the molecule is c1ccc(-c2ccc(N(c3ccc(-c4ccc(-c5ccc(-n6c7ccc(-c8ccccc8)cc7c7cc(-c8ccccc8)ccc76)cc5)cc4)cc3)c3ccc4c(c3)C3(c5ccccc5-c5ccccc53)c3ccccc3-4)c(-c3ccccc3)c2)cc1. The van der Waals surface area contributed by atoms with Crippen LogP contribution < -0.4 is 4.90 Å². The monoisotopic (exact) mass is 1100 g/mol. The van der Waals surface area contributed by atoms with E-state index in [9.17, 15) is 0 Å². The normalized spacial score (nSPS) is 12.5. The zero-order valence-corrected chi connectivity index (χ0v) is 47.7. The van der Waals surface area contributed by atoms with E-state index in [0.717, 1.165) is 45.0 Å². The van der Waals surface area contributed by atoms with Gasteiger partial charge in [-0.1, -0.05) is 267 Å². The molecule has 0 radical (unpaired) electrons. The third-order valence-electron chi connectivity index (χ3n) is 18.5. The van der Waals surface area contributed by atoms with Crippen molar-refractivity contribution in [1.29, 1.82) is 0 Å². The van der Waals surface area contributed by atoms with Crippen LogP contribution in [0.3, 0.4) is 0 Å². The lowest BCUT2D eigenvalue weighted by Gasteiger charge is -2.33. The van der Waals surface area contributed by atoms with Crippen LogP contribution in [0.4, 0.5) is 17.1 Å². The van der Waals surface area contributed by atoms with E-state index in [1.807, 2.05) is 0 Å². The Morgan fingerprint density at radius 2 is 0.563 bits per heavy atom. The van der Waals surface area contributed by atoms with Gasteiger partial charge in [0.1, 0.15) is 0 Å². The van der Waals surface area contributed by atoms with E-state index in [1.165, 1.54) is 111 Å². The Bertz CT molecular complexity index is 4940. The highest BCUT2D eigenvalue weighted by Gasteiger charge is 2.51. The van der Waals surface area contributed by atoms with Crippen molar-refractivity contribution in [2.24, 2.45) is 0 Å². The van der Waals surface area contributed by atoms with E-state index in [2.05, 4.69) is 349 Å². The Hall–Kier alpha value is -11.3. The van der Waals surface area contributed by atoms with Gasteiger partial charge in [0.2, 0.25) is 0 Å². The molecule has 0 saturated heterocycles. The topological polar surface area (TPSA) is 8.17 Å². The van der Waals surface area contributed by atoms with Crippen LogP contribution in [0.25, 0.3) is 117 Å². The molecular weight excluding hydrogens is 1050 g/mol. The number of anilines is 3. The van der Waals surface area contributed by atoms with Gasteiger partial charge in [0.25, 0.3) is 0 Å². The lowest BCUT2D eigenvalue weighted by molar-refractivity contribution is 0.793. The van der Waals surface area contributed by atoms with Crippen LogP contribution in [0.2, 0.25) is 0 Å². The number of fused-ring (bicyclic) bond motifs is 13. The summed E-state index contributed by atoms with van der Waals surface area (Å²) in [4.78, 5) is 2.49. The van der Waals surface area contributed by atoms with E-state index in [1.54, 1.807) is 0 Å². The fourth-order valence-electron chi connectivity index (χ4n) is 14.4. The van der Waals surface area contributed by atoms with Crippen LogP contribution in [-0.2, 0) is 5.41 Å². The number of rotatable bonds is 10. The van der Waals surface area contributed by atoms with Crippen LogP contribution >= 0.6 is 0 Å². The van der Waals surface area contributed by atoms with Crippen molar-refractivity contribution >= 4 is 38.9 Å². The second kappa shape index (κ2) is 20.5. The van der Waals surface area contributed by atoms with Crippen molar-refractivity contribution in [2.75, 3.05) is 4.90 Å². The van der Waals surface area contributed by atoms with Gasteiger partial charge < -0.3 is 9.47 Å². The molecule has 14 aromatic carbocycles. The Morgan fingerprint density at radius 3 is 1.03 bits per heavy atom. The maximum Gasteiger partial charge on any atom is 0.0726 e. The van der Waals surface area contributed by atoms with E-state index in [-0.39, 0.29) is 0 Å². The second-order valence-corrected chi connectivity index (χ2v) is 23.1. The van der Waals surface area contributed by atoms with Crippen molar-refractivity contribution in [2.45, 2.75) is 5.41 Å². The molecule has 0 aliphatic heterocycles. The molecule has 1 spiro atoms. The highest BCUT2D eigenvalue weighted by molar-refractivity contribution is 6.12. The molecule has 87 heavy (non-hydrogen) atoms. The summed E-state index contributed by atoms with van der Waals surface area (Å²) >= 11 is 0. The highest BCUT2D eigenvalue weighted by Crippen LogP contribution is 2.63. The number of benzene rings is 14. The largest absolute Gasteiger partial charge is 0.310 e. The molecule has 2 heteroatoms. The number of hydrogen-bond acceptors (Lipinski definition) is 1. The van der Waals surface area contributed by atoms with Crippen molar-refractivity contribution in [1.82, 2.24) is 4.57 Å². The standard InChI is InChI=1S/C85H56N2/c1-5-19-57(20-6-1)65-41-50-82(75(53-65)64-25-11-4-12-26-64)86(70-48-49-74-73-29-15-18-32-80(73)85(81(74)56-70)78-30-16-13-27-71(78)72-28-14-17-31-79(72)85)68-44-37-62(38-45-68)60-33-35-61(36-34-60)63-39-46-69(47-40-63)87-83-51-42-66(58-21-7-2-8-22-58)54-76(83)77-55-67(43-52-84(77)87)59-23-9-3-10-24-59/h1-56H. The van der Waals surface area contributed by atoms with Gasteiger partial charge in [0.05, 0.1) is 22.1 Å². The molecule has 0 N–H and O–H groups in total. The molecular formula is C85H56N2. The fourth-order valence-corrected chi connectivity index (χ4v) is 14.4. The molecule has 0 unspecified atom stereocenters. The van der Waals surface area contributed by atoms with Crippen LogP contribution in [0.15, 0.2) is 340 Å². The molecule has 2 aliphatic rings. The zero-order chi connectivity index (χ0) is 57.4. The Balaban J connectivity index is 0.744.